The number of carboxylic acids is 1. The summed E-state index contributed by atoms with van der Waals surface area (Å²) >= 11 is 0. The maximum Gasteiger partial charge on any atom is 0.410 e. The quantitative estimate of drug-likeness (QED) is 0.0417. The molecule has 5 rings (SSSR count). The van der Waals surface area contributed by atoms with Gasteiger partial charge in [0.1, 0.15) is 16.9 Å². The number of hydrogen-bond donors (Lipinski definition) is 4. The molecule has 16 nitrogen and oxygen atoms in total. The number of carboxylic acid groups (broad SMARTS) is 1. The molecule has 4 N–H and O–H groups in total. The number of aromatic nitrogens is 4. The lowest BCUT2D eigenvalue weighted by Gasteiger charge is -2.41. The minimum Gasteiger partial charge on any atom is -0.494 e. The van der Waals surface area contributed by atoms with Crippen molar-refractivity contribution in [1.82, 2.24) is 30.4 Å². The Balaban J connectivity index is 1.03. The predicted octanol–water partition coefficient (Wildman–Crippen LogP) is 8.33. The van der Waals surface area contributed by atoms with E-state index in [-0.39, 0.29) is 24.5 Å². The first-order valence-corrected chi connectivity index (χ1v) is 22.6. The summed E-state index contributed by atoms with van der Waals surface area (Å²) < 4.78 is 28.5. The molecular weight excluding hydrogens is 819 g/mol. The molecule has 1 atom stereocenters. The summed E-state index contributed by atoms with van der Waals surface area (Å²) in [4.78, 5) is 47.9. The molecule has 4 aromatic rings. The summed E-state index contributed by atoms with van der Waals surface area (Å²) in [6.45, 7) is 12.4. The Morgan fingerprint density at radius 3 is 2.12 bits per heavy atom. The zero-order valence-corrected chi connectivity index (χ0v) is 37.9. The van der Waals surface area contributed by atoms with Crippen molar-refractivity contribution in [1.29, 1.82) is 0 Å². The van der Waals surface area contributed by atoms with Crippen LogP contribution in [0.5, 0.6) is 5.75 Å². The Morgan fingerprint density at radius 2 is 1.45 bits per heavy atom. The summed E-state index contributed by atoms with van der Waals surface area (Å²) in [5.74, 6) is 0.976. The van der Waals surface area contributed by atoms with Crippen molar-refractivity contribution >= 4 is 23.7 Å². The molecule has 348 valence electrons. The molecule has 1 aliphatic rings. The summed E-state index contributed by atoms with van der Waals surface area (Å²) in [5.41, 5.74) is 1.69. The van der Waals surface area contributed by atoms with Crippen LogP contribution in [0.4, 0.5) is 10.5 Å². The minimum absolute atomic E-state index is 0.211. The van der Waals surface area contributed by atoms with Gasteiger partial charge in [-0.1, -0.05) is 31.0 Å². The lowest BCUT2D eigenvalue weighted by molar-refractivity contribution is -0.137. The van der Waals surface area contributed by atoms with E-state index in [9.17, 15) is 14.4 Å². The molecule has 0 bridgehead atoms. The summed E-state index contributed by atoms with van der Waals surface area (Å²) in [7, 11) is 0. The van der Waals surface area contributed by atoms with E-state index in [2.05, 4.69) is 25.8 Å². The van der Waals surface area contributed by atoms with Crippen LogP contribution in [0.3, 0.4) is 0 Å². The van der Waals surface area contributed by atoms with Gasteiger partial charge in [0.25, 0.3) is 5.91 Å². The number of pyridine rings is 1. The van der Waals surface area contributed by atoms with Crippen molar-refractivity contribution in [3.8, 4) is 17.1 Å². The normalized spacial score (nSPS) is 14.2. The Hall–Kier alpha value is -5.58. The van der Waals surface area contributed by atoms with E-state index < -0.39 is 17.1 Å². The van der Waals surface area contributed by atoms with E-state index in [0.717, 1.165) is 61.1 Å². The first-order chi connectivity index (χ1) is 30.9. The van der Waals surface area contributed by atoms with Gasteiger partial charge in [-0.2, -0.15) is 5.10 Å². The number of aromatic amines is 1. The lowest BCUT2D eigenvalue weighted by Crippen LogP contribution is -2.50. The van der Waals surface area contributed by atoms with Gasteiger partial charge in [-0.3, -0.25) is 19.7 Å². The number of carbonyl (C=O) groups is 3. The highest BCUT2D eigenvalue weighted by Gasteiger charge is 2.41. The van der Waals surface area contributed by atoms with Crippen LogP contribution in [0.25, 0.3) is 11.4 Å². The number of amides is 2. The molecule has 1 fully saturated rings. The van der Waals surface area contributed by atoms with Crippen LogP contribution in [-0.4, -0.2) is 113 Å². The highest BCUT2D eigenvalue weighted by atomic mass is 16.6. The average Bonchev–Trinajstić information content (AvgIpc) is 3.79. The third-order valence-corrected chi connectivity index (χ3v) is 10.7. The van der Waals surface area contributed by atoms with Gasteiger partial charge in [0.2, 0.25) is 0 Å². The number of nitrogens with zero attached hydrogens (tertiary/aromatic N) is 4. The Morgan fingerprint density at radius 1 is 0.812 bits per heavy atom. The third kappa shape index (κ3) is 16.8. The molecule has 0 aliphatic carbocycles. The number of unbranched alkanes of at least 4 members (excludes halogenated alkanes) is 5. The fourth-order valence-corrected chi connectivity index (χ4v) is 7.22. The fraction of sp³-hybridized carbons (Fsp3) is 0.542. The van der Waals surface area contributed by atoms with Crippen molar-refractivity contribution in [3.63, 3.8) is 0 Å². The molecule has 2 aromatic heterocycles. The fourth-order valence-electron chi connectivity index (χ4n) is 7.22. The second-order valence-corrected chi connectivity index (χ2v) is 17.1. The second kappa shape index (κ2) is 25.6. The van der Waals surface area contributed by atoms with Crippen LogP contribution in [-0.2, 0) is 29.3 Å². The molecule has 0 saturated carbocycles. The van der Waals surface area contributed by atoms with Gasteiger partial charge in [0, 0.05) is 61.9 Å². The zero-order chi connectivity index (χ0) is 45.6. The molecule has 2 amide bonds. The standard InChI is InChI=1S/C48H67N7O9/c1-36(38-14-13-17-41(35-38)63-29-11-6-5-9-27-60-30-32-62-33-31-61-28-10-7-8-18-42(56)57)50-44(58)39-15-12-16-40(34-39)52-48(21-25-55(26-22-48)46(59)64-47(2,3)4)45-51-43(53-54-45)37-19-23-49-24-20-37/h12-17,19-20,23-24,34-36,52H,5-11,18,21-22,25-33H2,1-4H3,(H,50,58)(H,56,57)(H,51,53,54)/t36-/m1/s1. The number of rotatable bonds is 27. The highest BCUT2D eigenvalue weighted by Crippen LogP contribution is 2.36. The molecule has 0 spiro atoms. The zero-order valence-electron chi connectivity index (χ0n) is 37.9. The Bertz CT molecular complexity index is 2020. The van der Waals surface area contributed by atoms with E-state index >= 15 is 0 Å². The molecule has 16 heteroatoms. The van der Waals surface area contributed by atoms with Gasteiger partial charge >= 0.3 is 12.1 Å². The SMILES string of the molecule is C[C@@H](NC(=O)c1cccc(NC2(c3nc(-c4ccncc4)n[nH]3)CCN(C(=O)OC(C)(C)C)CC2)c1)c1cccc(OCCCCCCOCCOCCOCCCCCC(=O)O)c1. The number of hydrogen-bond acceptors (Lipinski definition) is 12. The molecule has 0 unspecified atom stereocenters. The van der Waals surface area contributed by atoms with Crippen LogP contribution in [0, 0.1) is 0 Å². The predicted molar refractivity (Wildman–Crippen MR) is 243 cm³/mol. The molecule has 1 saturated heterocycles. The van der Waals surface area contributed by atoms with Crippen LogP contribution in [0.15, 0.2) is 73.1 Å². The number of carbonyl (C=O) groups excluding carboxylic acids is 2. The maximum atomic E-state index is 13.7. The third-order valence-electron chi connectivity index (χ3n) is 10.7. The number of nitrogens with one attached hydrogen (secondary N) is 3. The lowest BCUT2D eigenvalue weighted by atomic mass is 9.86. The summed E-state index contributed by atoms with van der Waals surface area (Å²) in [6.07, 6.45) is 10.7. The van der Waals surface area contributed by atoms with Gasteiger partial charge in [-0.25, -0.2) is 9.78 Å². The topological polar surface area (TPSA) is 199 Å². The van der Waals surface area contributed by atoms with Gasteiger partial charge in [0.15, 0.2) is 11.6 Å². The number of ether oxygens (including phenoxy) is 5. The van der Waals surface area contributed by atoms with Gasteiger partial charge < -0.3 is 44.3 Å². The van der Waals surface area contributed by atoms with Crippen molar-refractivity contribution < 1.29 is 43.2 Å². The minimum atomic E-state index is -0.752. The Labute approximate surface area is 377 Å². The van der Waals surface area contributed by atoms with Crippen molar-refractivity contribution in [3.05, 3.63) is 90.0 Å². The first-order valence-electron chi connectivity index (χ1n) is 22.6. The second-order valence-electron chi connectivity index (χ2n) is 17.1. The Kier molecular flexibility index (Phi) is 19.8. The molecule has 1 aliphatic heterocycles. The van der Waals surface area contributed by atoms with Crippen LogP contribution < -0.4 is 15.4 Å². The number of anilines is 1. The number of piperidine rings is 1. The van der Waals surface area contributed by atoms with E-state index in [0.29, 0.717) is 95.8 Å². The van der Waals surface area contributed by atoms with E-state index in [4.69, 9.17) is 33.8 Å². The molecule has 0 radical (unpaired) electrons. The number of likely N-dealkylation sites (tertiary alicyclic amines) is 1. The van der Waals surface area contributed by atoms with E-state index in [1.807, 2.05) is 82.3 Å². The first kappa shape index (κ1) is 49.4. The van der Waals surface area contributed by atoms with E-state index in [1.165, 1.54) is 0 Å². The maximum absolute atomic E-state index is 13.7. The summed E-state index contributed by atoms with van der Waals surface area (Å²) in [6, 6.07) is 18.7. The summed E-state index contributed by atoms with van der Waals surface area (Å²) in [5, 5.41) is 23.2. The van der Waals surface area contributed by atoms with E-state index in [1.54, 1.807) is 23.4 Å². The van der Waals surface area contributed by atoms with Crippen molar-refractivity contribution in [2.75, 3.05) is 64.7 Å². The monoisotopic (exact) mass is 886 g/mol. The highest BCUT2D eigenvalue weighted by molar-refractivity contribution is 5.95. The molecule has 2 aromatic carbocycles. The van der Waals surface area contributed by atoms with Gasteiger partial charge in [0.05, 0.1) is 39.1 Å². The largest absolute Gasteiger partial charge is 0.494 e. The van der Waals surface area contributed by atoms with Gasteiger partial charge in [-0.15, -0.1) is 0 Å². The average molecular weight is 886 g/mol. The smallest absolute Gasteiger partial charge is 0.410 e. The molecular formula is C48H67N7O9. The molecule has 64 heavy (non-hydrogen) atoms. The number of benzene rings is 2. The van der Waals surface area contributed by atoms with Crippen LogP contribution in [0.2, 0.25) is 0 Å². The van der Waals surface area contributed by atoms with Crippen LogP contribution in [0.1, 0.15) is 120 Å². The number of aliphatic carboxylic acids is 1. The van der Waals surface area contributed by atoms with Crippen molar-refractivity contribution in [2.24, 2.45) is 0 Å². The molecule has 3 heterocycles. The van der Waals surface area contributed by atoms with Crippen LogP contribution >= 0.6 is 0 Å². The van der Waals surface area contributed by atoms with Crippen molar-refractivity contribution in [2.45, 2.75) is 109 Å². The van der Waals surface area contributed by atoms with Gasteiger partial charge in [-0.05, 0) is 121 Å². The number of H-pyrrole nitrogens is 1.